The number of ketones is 1. The molecule has 0 bridgehead atoms. The van der Waals surface area contributed by atoms with Gasteiger partial charge in [-0.1, -0.05) is 38.5 Å². The second kappa shape index (κ2) is 16.3. The van der Waals surface area contributed by atoms with Crippen LogP contribution in [0.4, 0.5) is 4.39 Å². The molecule has 204 valence electrons. The second-order valence-corrected chi connectivity index (χ2v) is 10.1. The lowest BCUT2D eigenvalue weighted by molar-refractivity contribution is -0.120. The number of aryl methyl sites for hydroxylation is 3. The zero-order valence-corrected chi connectivity index (χ0v) is 23.7. The van der Waals surface area contributed by atoms with Gasteiger partial charge in [0.2, 0.25) is 0 Å². The number of methoxy groups -OCH3 is 1. The summed E-state index contributed by atoms with van der Waals surface area (Å²) in [5, 5.41) is 0. The van der Waals surface area contributed by atoms with E-state index in [1.165, 1.54) is 55.8 Å². The smallest absolute Gasteiger partial charge is 0.155 e. The molecule has 0 amide bonds. The molecular formula is C31H46FN3O2. The third kappa shape index (κ3) is 10.4. The number of ether oxygens (including phenoxy) is 1. The molecule has 1 heterocycles. The Morgan fingerprint density at radius 2 is 1.89 bits per heavy atom. The quantitative estimate of drug-likeness (QED) is 0.333. The minimum atomic E-state index is -0.0995. The lowest BCUT2D eigenvalue weighted by Crippen LogP contribution is -2.25. The van der Waals surface area contributed by atoms with Crippen LogP contribution in [0.5, 0.6) is 0 Å². The number of carbonyl (C=O) groups excluding carboxylic acids is 1. The van der Waals surface area contributed by atoms with Crippen molar-refractivity contribution in [2.24, 2.45) is 13.0 Å². The van der Waals surface area contributed by atoms with Gasteiger partial charge in [-0.3, -0.25) is 4.79 Å². The number of hydrogen-bond acceptors (Lipinski definition) is 4. The molecule has 3 aromatic rings. The number of hydrogen-bond donors (Lipinski definition) is 0. The van der Waals surface area contributed by atoms with E-state index >= 15 is 0 Å². The molecule has 1 atom stereocenters. The predicted octanol–water partition coefficient (Wildman–Crippen LogP) is 6.41. The first kappa shape index (κ1) is 30.7. The molecule has 1 unspecified atom stereocenters. The van der Waals surface area contributed by atoms with Crippen molar-refractivity contribution in [2.45, 2.75) is 65.7 Å². The molecule has 5 nitrogen and oxygen atoms in total. The first-order valence-electron chi connectivity index (χ1n) is 13.6. The third-order valence-electron chi connectivity index (χ3n) is 6.59. The molecule has 0 N–H and O–H groups in total. The van der Waals surface area contributed by atoms with Gasteiger partial charge in [0.1, 0.15) is 18.2 Å². The molecule has 1 aliphatic carbocycles. The van der Waals surface area contributed by atoms with E-state index in [1.807, 2.05) is 12.1 Å². The summed E-state index contributed by atoms with van der Waals surface area (Å²) in [5.41, 5.74) is 4.86. The van der Waals surface area contributed by atoms with Gasteiger partial charge in [-0.15, -0.1) is 0 Å². The van der Waals surface area contributed by atoms with Crippen LogP contribution in [0.1, 0.15) is 63.4 Å². The number of Topliss-reactive ketones (excluding diaryl/α,β-unsaturated/α-hetero) is 1. The number of nitrogens with zero attached hydrogens (tertiary/aromatic N) is 3. The van der Waals surface area contributed by atoms with Gasteiger partial charge < -0.3 is 14.2 Å². The van der Waals surface area contributed by atoms with E-state index in [9.17, 15) is 9.18 Å². The molecule has 4 rings (SSSR count). The topological polar surface area (TPSA) is 47.4 Å². The van der Waals surface area contributed by atoms with Crippen molar-refractivity contribution in [1.29, 1.82) is 0 Å². The molecule has 1 aliphatic rings. The Kier molecular flexibility index (Phi) is 13.5. The third-order valence-corrected chi connectivity index (χ3v) is 6.59. The number of imidazole rings is 1. The molecule has 0 fully saturated rings. The number of aromatic nitrogens is 2. The normalized spacial score (nSPS) is 14.4. The van der Waals surface area contributed by atoms with Gasteiger partial charge in [-0.2, -0.15) is 0 Å². The van der Waals surface area contributed by atoms with Crippen molar-refractivity contribution in [1.82, 2.24) is 14.5 Å². The van der Waals surface area contributed by atoms with Crippen molar-refractivity contribution in [2.75, 3.05) is 33.9 Å². The van der Waals surface area contributed by atoms with Gasteiger partial charge in [0, 0.05) is 20.6 Å². The monoisotopic (exact) mass is 511 g/mol. The summed E-state index contributed by atoms with van der Waals surface area (Å²) in [6.07, 6.45) is 7.92. The highest BCUT2D eigenvalue weighted by Gasteiger charge is 2.19. The van der Waals surface area contributed by atoms with Crippen LogP contribution in [-0.4, -0.2) is 54.1 Å². The van der Waals surface area contributed by atoms with E-state index in [1.54, 1.807) is 12.1 Å². The molecule has 0 radical (unpaired) electrons. The Morgan fingerprint density at radius 3 is 2.54 bits per heavy atom. The van der Waals surface area contributed by atoms with E-state index < -0.39 is 0 Å². The van der Waals surface area contributed by atoms with Crippen LogP contribution in [-0.2, 0) is 35.8 Å². The fourth-order valence-electron chi connectivity index (χ4n) is 4.69. The molecule has 0 aliphatic heterocycles. The van der Waals surface area contributed by atoms with Crippen LogP contribution < -0.4 is 0 Å². The maximum atomic E-state index is 13.4. The Balaban J connectivity index is 0.000000464. The molecule has 37 heavy (non-hydrogen) atoms. The molecule has 1 aromatic heterocycles. The van der Waals surface area contributed by atoms with Crippen LogP contribution in [0.2, 0.25) is 0 Å². The van der Waals surface area contributed by atoms with Gasteiger partial charge in [0.05, 0.1) is 11.0 Å². The standard InChI is InChI=1S/C24H30FN3.C4H8O2.C3H8/c1-27(14-5-8-24-26-22-6-3-4-7-23(22)28(24)2)15-13-18-9-10-20-17-21(25)12-11-19(20)16-18;1-4(5)3-6-2;1-3-2/h3-4,6-7,11-12,17-18H,5,8-10,13-16H2,1-2H3;3H2,1-2H3;3H2,1-2H3. The maximum Gasteiger partial charge on any atom is 0.155 e. The molecule has 6 heteroatoms. The fourth-order valence-corrected chi connectivity index (χ4v) is 4.69. The first-order chi connectivity index (χ1) is 17.8. The number of carbonyl (C=O) groups is 1. The minimum absolute atomic E-state index is 0.0671. The zero-order chi connectivity index (χ0) is 27.2. The van der Waals surface area contributed by atoms with E-state index in [-0.39, 0.29) is 18.2 Å². The summed E-state index contributed by atoms with van der Waals surface area (Å²) in [7, 11) is 5.84. The highest BCUT2D eigenvalue weighted by molar-refractivity contribution is 5.76. The van der Waals surface area contributed by atoms with Crippen LogP contribution in [0.15, 0.2) is 42.5 Å². The maximum absolute atomic E-state index is 13.4. The van der Waals surface area contributed by atoms with Gasteiger partial charge in [0.25, 0.3) is 0 Å². The highest BCUT2D eigenvalue weighted by atomic mass is 19.1. The number of rotatable bonds is 9. The van der Waals surface area contributed by atoms with Crippen molar-refractivity contribution < 1.29 is 13.9 Å². The fraction of sp³-hybridized carbons (Fsp3) is 0.548. The number of fused-ring (bicyclic) bond motifs is 2. The van der Waals surface area contributed by atoms with Crippen LogP contribution >= 0.6 is 0 Å². The predicted molar refractivity (Wildman–Crippen MR) is 152 cm³/mol. The van der Waals surface area contributed by atoms with Gasteiger partial charge in [0.15, 0.2) is 5.78 Å². The van der Waals surface area contributed by atoms with Crippen LogP contribution in [0.25, 0.3) is 11.0 Å². The second-order valence-electron chi connectivity index (χ2n) is 10.1. The number of halogens is 1. The summed E-state index contributed by atoms with van der Waals surface area (Å²) in [5.74, 6) is 1.86. The van der Waals surface area contributed by atoms with Gasteiger partial charge in [-0.25, -0.2) is 9.37 Å². The Hall–Kier alpha value is -2.57. The van der Waals surface area contributed by atoms with E-state index in [4.69, 9.17) is 4.98 Å². The average Bonchev–Trinajstić information content (AvgIpc) is 3.19. The van der Waals surface area contributed by atoms with Crippen molar-refractivity contribution in [3.05, 3.63) is 65.2 Å². The minimum Gasteiger partial charge on any atom is -0.377 e. The largest absolute Gasteiger partial charge is 0.377 e. The average molecular weight is 512 g/mol. The van der Waals surface area contributed by atoms with Gasteiger partial charge in [-0.05, 0) is 100 Å². The summed E-state index contributed by atoms with van der Waals surface area (Å²) < 4.78 is 20.0. The van der Waals surface area contributed by atoms with E-state index in [0.717, 1.165) is 50.2 Å². The molecule has 0 saturated heterocycles. The van der Waals surface area contributed by atoms with Crippen LogP contribution in [0.3, 0.4) is 0 Å². The zero-order valence-electron chi connectivity index (χ0n) is 23.7. The Labute approximate surface area is 223 Å². The van der Waals surface area contributed by atoms with Crippen molar-refractivity contribution in [3.63, 3.8) is 0 Å². The summed E-state index contributed by atoms with van der Waals surface area (Å²) in [6.45, 7) is 8.20. The SMILES string of the molecule is CCC.CN(CCCc1nc2ccccc2n1C)CCC1CCc2cc(F)ccc2C1.COCC(C)=O. The molecular weight excluding hydrogens is 465 g/mol. The Bertz CT molecular complexity index is 1100. The van der Waals surface area contributed by atoms with E-state index in [0.29, 0.717) is 0 Å². The van der Waals surface area contributed by atoms with Crippen molar-refractivity contribution in [3.8, 4) is 0 Å². The molecule has 0 saturated carbocycles. The Morgan fingerprint density at radius 1 is 1.16 bits per heavy atom. The number of para-hydroxylation sites is 2. The lowest BCUT2D eigenvalue weighted by atomic mass is 9.82. The van der Waals surface area contributed by atoms with Gasteiger partial charge >= 0.3 is 0 Å². The molecule has 2 aromatic carbocycles. The van der Waals surface area contributed by atoms with Crippen LogP contribution in [0, 0.1) is 11.7 Å². The first-order valence-corrected chi connectivity index (χ1v) is 13.6. The summed E-state index contributed by atoms with van der Waals surface area (Å²) in [6, 6.07) is 13.6. The highest BCUT2D eigenvalue weighted by Crippen LogP contribution is 2.28. The number of benzene rings is 2. The lowest BCUT2D eigenvalue weighted by Gasteiger charge is -2.26. The van der Waals surface area contributed by atoms with Crippen molar-refractivity contribution >= 4 is 16.8 Å². The molecule has 0 spiro atoms. The summed E-state index contributed by atoms with van der Waals surface area (Å²) >= 11 is 0. The van der Waals surface area contributed by atoms with E-state index in [2.05, 4.69) is 60.3 Å². The summed E-state index contributed by atoms with van der Waals surface area (Å²) in [4.78, 5) is 17.1.